The van der Waals surface area contributed by atoms with Crippen molar-refractivity contribution in [2.45, 2.75) is 43.5 Å². The third-order valence-electron chi connectivity index (χ3n) is 6.04. The molecule has 170 valence electrons. The summed E-state index contributed by atoms with van der Waals surface area (Å²) < 4.78 is 56.9. The van der Waals surface area contributed by atoms with Crippen LogP contribution >= 0.6 is 11.6 Å². The van der Waals surface area contributed by atoms with Gasteiger partial charge in [0, 0.05) is 22.7 Å². The summed E-state index contributed by atoms with van der Waals surface area (Å²) in [7, 11) is 0. The number of aliphatic hydroxyl groups is 1. The Hall–Kier alpha value is -2.78. The van der Waals surface area contributed by atoms with Crippen LogP contribution in [0, 0.1) is 5.82 Å². The van der Waals surface area contributed by atoms with E-state index in [-0.39, 0.29) is 44.9 Å². The van der Waals surface area contributed by atoms with Gasteiger partial charge in [0.05, 0.1) is 16.6 Å². The molecule has 3 aromatic rings. The van der Waals surface area contributed by atoms with E-state index in [2.05, 4.69) is 10.3 Å². The van der Waals surface area contributed by atoms with Crippen LogP contribution in [0.2, 0.25) is 5.02 Å². The number of fused-ring (bicyclic) bond motifs is 2. The molecule has 4 N–H and O–H groups in total. The highest BCUT2D eigenvalue weighted by Crippen LogP contribution is 2.56. The topological polar surface area (TPSA) is 85.4 Å². The second-order valence-electron chi connectivity index (χ2n) is 7.94. The first-order valence-corrected chi connectivity index (χ1v) is 10.2. The Balaban J connectivity index is 1.96. The lowest BCUT2D eigenvalue weighted by Crippen LogP contribution is -2.55. The number of hydrogen-bond acceptors (Lipinski definition) is 4. The molecule has 4 rings (SSSR count). The van der Waals surface area contributed by atoms with Crippen molar-refractivity contribution in [2.75, 3.05) is 5.32 Å². The van der Waals surface area contributed by atoms with Crippen LogP contribution in [0.4, 0.5) is 23.2 Å². The first kappa shape index (κ1) is 22.4. The lowest BCUT2D eigenvalue weighted by molar-refractivity contribution is -0.272. The molecule has 1 aliphatic rings. The smallest absolute Gasteiger partial charge is 0.419 e. The van der Waals surface area contributed by atoms with E-state index in [1.54, 1.807) is 6.92 Å². The molecule has 0 unspecified atom stereocenters. The number of hydrogen-bond donors (Lipinski definition) is 4. The maximum absolute atomic E-state index is 14.2. The van der Waals surface area contributed by atoms with E-state index in [4.69, 9.17) is 11.6 Å². The Morgan fingerprint density at radius 2 is 1.97 bits per heavy atom. The molecule has 5 nitrogen and oxygen atoms in total. The minimum Gasteiger partial charge on any atom is -0.506 e. The fraction of sp³-hybridized carbons (Fsp3) is 0.318. The lowest BCUT2D eigenvalue weighted by Gasteiger charge is -2.46. The molecule has 0 amide bonds. The van der Waals surface area contributed by atoms with Crippen molar-refractivity contribution in [2.24, 2.45) is 0 Å². The predicted octanol–water partition coefficient (Wildman–Crippen LogP) is 5.37. The molecule has 1 aliphatic carbocycles. The lowest BCUT2D eigenvalue weighted by atomic mass is 9.69. The van der Waals surface area contributed by atoms with Crippen LogP contribution in [0.3, 0.4) is 0 Å². The highest BCUT2D eigenvalue weighted by Gasteiger charge is 2.62. The summed E-state index contributed by atoms with van der Waals surface area (Å²) in [5, 5.41) is 24.4. The number of aromatic hydroxyl groups is 1. The number of aromatic amines is 1. The second kappa shape index (κ2) is 7.67. The maximum Gasteiger partial charge on any atom is 0.419 e. The van der Waals surface area contributed by atoms with Crippen LogP contribution in [0.1, 0.15) is 42.9 Å². The number of aromatic nitrogens is 1. The summed E-state index contributed by atoms with van der Waals surface area (Å²) in [6.07, 6.45) is -5.55. The molecule has 0 saturated heterocycles. The highest BCUT2D eigenvalue weighted by atomic mass is 35.5. The fourth-order valence-corrected chi connectivity index (χ4v) is 4.63. The van der Waals surface area contributed by atoms with Crippen molar-refractivity contribution in [3.8, 4) is 5.75 Å². The van der Waals surface area contributed by atoms with Crippen LogP contribution in [0.25, 0.3) is 10.9 Å². The quantitative estimate of drug-likeness (QED) is 0.388. The molecule has 0 spiro atoms. The number of rotatable bonds is 3. The molecule has 0 bridgehead atoms. The van der Waals surface area contributed by atoms with Crippen LogP contribution in [0.15, 0.2) is 41.2 Å². The first-order valence-electron chi connectivity index (χ1n) is 9.85. The minimum absolute atomic E-state index is 0.00617. The van der Waals surface area contributed by atoms with Crippen molar-refractivity contribution in [3.63, 3.8) is 0 Å². The van der Waals surface area contributed by atoms with Gasteiger partial charge in [-0.15, -0.1) is 0 Å². The Morgan fingerprint density at radius 3 is 2.62 bits per heavy atom. The van der Waals surface area contributed by atoms with Crippen LogP contribution in [-0.2, 0) is 0 Å². The minimum atomic E-state index is -5.04. The number of pyridine rings is 1. The zero-order valence-electron chi connectivity index (χ0n) is 16.7. The summed E-state index contributed by atoms with van der Waals surface area (Å²) in [5.74, 6) is -1.95. The van der Waals surface area contributed by atoms with E-state index >= 15 is 0 Å². The van der Waals surface area contributed by atoms with E-state index in [0.717, 1.165) is 18.2 Å². The van der Waals surface area contributed by atoms with Crippen LogP contribution < -0.4 is 10.9 Å². The Bertz CT molecular complexity index is 1260. The zero-order valence-corrected chi connectivity index (χ0v) is 17.5. The van der Waals surface area contributed by atoms with Crippen molar-refractivity contribution in [3.05, 3.63) is 68.7 Å². The van der Waals surface area contributed by atoms with Gasteiger partial charge < -0.3 is 20.5 Å². The van der Waals surface area contributed by atoms with Gasteiger partial charge in [-0.25, -0.2) is 4.39 Å². The summed E-state index contributed by atoms with van der Waals surface area (Å²) >= 11 is 6.01. The molecule has 32 heavy (non-hydrogen) atoms. The standard InChI is InChI=1S/C22H19ClF4N2O3/c1-2-10-9-21(32,22(25,26)27)20(13-3-5-14(23)19(31)18(10)13)29-16-8-11(24)7-15-12(16)4-6-17(30)28-15/h3-8,10,20,29,31-32H,2,9H2,1H3,(H,28,30)/t10-,20-,21-/m1/s1. The van der Waals surface area contributed by atoms with Gasteiger partial charge in [0.1, 0.15) is 11.6 Å². The van der Waals surface area contributed by atoms with Gasteiger partial charge >= 0.3 is 6.18 Å². The summed E-state index contributed by atoms with van der Waals surface area (Å²) in [5.41, 5.74) is -3.49. The van der Waals surface area contributed by atoms with E-state index in [1.807, 2.05) is 0 Å². The molecular formula is C22H19ClF4N2O3. The monoisotopic (exact) mass is 470 g/mol. The Labute approximate surface area is 184 Å². The first-order chi connectivity index (χ1) is 15.0. The van der Waals surface area contributed by atoms with E-state index in [9.17, 15) is 32.6 Å². The number of benzene rings is 2. The van der Waals surface area contributed by atoms with Crippen molar-refractivity contribution >= 4 is 28.2 Å². The van der Waals surface area contributed by atoms with Gasteiger partial charge in [-0.05, 0) is 48.6 Å². The molecule has 2 aromatic carbocycles. The van der Waals surface area contributed by atoms with Gasteiger partial charge in [0.15, 0.2) is 5.60 Å². The zero-order chi connectivity index (χ0) is 23.4. The molecular weight excluding hydrogens is 452 g/mol. The van der Waals surface area contributed by atoms with E-state index < -0.39 is 41.5 Å². The average molecular weight is 471 g/mol. The number of H-pyrrole nitrogens is 1. The molecule has 10 heteroatoms. The number of alkyl halides is 3. The van der Waals surface area contributed by atoms with Gasteiger partial charge in [0.25, 0.3) is 0 Å². The van der Waals surface area contributed by atoms with E-state index in [0.29, 0.717) is 0 Å². The molecule has 1 heterocycles. The largest absolute Gasteiger partial charge is 0.506 e. The molecule has 0 fully saturated rings. The Morgan fingerprint density at radius 1 is 1.25 bits per heavy atom. The molecule has 0 saturated carbocycles. The molecule has 0 aliphatic heterocycles. The molecule has 0 radical (unpaired) electrons. The third kappa shape index (κ3) is 3.49. The summed E-state index contributed by atoms with van der Waals surface area (Å²) in [6.45, 7) is 1.65. The number of halogens is 5. The Kier molecular flexibility index (Phi) is 5.37. The predicted molar refractivity (Wildman–Crippen MR) is 113 cm³/mol. The van der Waals surface area contributed by atoms with Crippen molar-refractivity contribution in [1.29, 1.82) is 0 Å². The second-order valence-corrected chi connectivity index (χ2v) is 8.35. The number of anilines is 1. The van der Waals surface area contributed by atoms with Crippen LogP contribution in [-0.4, -0.2) is 27.0 Å². The summed E-state index contributed by atoms with van der Waals surface area (Å²) in [6, 6.07) is 5.33. The van der Waals surface area contributed by atoms with Gasteiger partial charge in [0.2, 0.25) is 5.56 Å². The van der Waals surface area contributed by atoms with Gasteiger partial charge in [-0.1, -0.05) is 24.6 Å². The average Bonchev–Trinajstić information content (AvgIpc) is 2.70. The number of phenols is 1. The number of phenolic OH excluding ortho intramolecular Hbond substituents is 1. The van der Waals surface area contributed by atoms with Gasteiger partial charge in [-0.3, -0.25) is 4.79 Å². The highest BCUT2D eigenvalue weighted by molar-refractivity contribution is 6.32. The number of nitrogens with one attached hydrogen (secondary N) is 2. The van der Waals surface area contributed by atoms with Crippen LogP contribution in [0.5, 0.6) is 5.75 Å². The molecule has 1 aromatic heterocycles. The maximum atomic E-state index is 14.2. The fourth-order valence-electron chi connectivity index (χ4n) is 4.46. The molecule has 3 atom stereocenters. The van der Waals surface area contributed by atoms with Crippen molar-refractivity contribution < 1.29 is 27.8 Å². The third-order valence-corrected chi connectivity index (χ3v) is 6.35. The van der Waals surface area contributed by atoms with Gasteiger partial charge in [-0.2, -0.15) is 13.2 Å². The van der Waals surface area contributed by atoms with Crippen molar-refractivity contribution in [1.82, 2.24) is 4.98 Å². The van der Waals surface area contributed by atoms with E-state index in [1.165, 1.54) is 18.2 Å². The SMILES string of the molecule is CC[C@@H]1C[C@](O)(C(F)(F)F)[C@H](Nc2cc(F)cc3[nH]c(=O)ccc23)c2ccc(Cl)c(O)c21. The normalized spacial score (nSPS) is 23.2. The summed E-state index contributed by atoms with van der Waals surface area (Å²) in [4.78, 5) is 14.0.